The molecule has 0 unspecified atom stereocenters. The number of hydrogen-bond acceptors (Lipinski definition) is 2. The largest absolute Gasteiger partial charge is 0.339 e. The highest BCUT2D eigenvalue weighted by atomic mass is 16.2. The summed E-state index contributed by atoms with van der Waals surface area (Å²) in [5, 5.41) is 0. The van der Waals surface area contributed by atoms with Crippen LogP contribution in [0.15, 0.2) is 24.3 Å². The number of allylic oxidation sites excluding steroid dienone is 2. The van der Waals surface area contributed by atoms with Gasteiger partial charge in [0.05, 0.1) is 0 Å². The van der Waals surface area contributed by atoms with Gasteiger partial charge in [0.2, 0.25) is 11.8 Å². The third kappa shape index (κ3) is 16.2. The van der Waals surface area contributed by atoms with Gasteiger partial charge in [0.1, 0.15) is 0 Å². The van der Waals surface area contributed by atoms with Crippen molar-refractivity contribution in [2.75, 3.05) is 26.2 Å². The maximum Gasteiger partial charge on any atom is 0.246 e. The summed E-state index contributed by atoms with van der Waals surface area (Å²) in [7, 11) is 0. The number of rotatable bonds is 14. The van der Waals surface area contributed by atoms with Crippen LogP contribution in [0.4, 0.5) is 0 Å². The smallest absolute Gasteiger partial charge is 0.246 e. The van der Waals surface area contributed by atoms with Gasteiger partial charge in [-0.05, 0) is 75.4 Å². The molecule has 36 heavy (non-hydrogen) atoms. The van der Waals surface area contributed by atoms with Crippen LogP contribution in [0.5, 0.6) is 0 Å². The van der Waals surface area contributed by atoms with E-state index in [0.29, 0.717) is 0 Å². The van der Waals surface area contributed by atoms with E-state index in [1.165, 1.54) is 64.2 Å². The number of amides is 2. The van der Waals surface area contributed by atoms with Crippen LogP contribution >= 0.6 is 0 Å². The molecule has 0 radical (unpaired) electrons. The molecule has 0 spiro atoms. The van der Waals surface area contributed by atoms with Gasteiger partial charge >= 0.3 is 0 Å². The molecule has 0 saturated carbocycles. The average molecular weight is 503 g/mol. The number of nitrogens with zero attached hydrogens (tertiary/aromatic N) is 2. The van der Waals surface area contributed by atoms with Gasteiger partial charge in [-0.2, -0.15) is 0 Å². The molecule has 2 aliphatic heterocycles. The van der Waals surface area contributed by atoms with Crippen LogP contribution < -0.4 is 0 Å². The molecule has 0 aromatic rings. The zero-order valence-electron chi connectivity index (χ0n) is 24.3. The number of piperidine rings is 2. The molecular formula is C32H58N2O2. The minimum absolute atomic E-state index is 0.218. The van der Waals surface area contributed by atoms with Gasteiger partial charge in [-0.1, -0.05) is 91.2 Å². The van der Waals surface area contributed by atoms with Gasteiger partial charge in [0.15, 0.2) is 0 Å². The predicted molar refractivity (Wildman–Crippen MR) is 155 cm³/mol. The van der Waals surface area contributed by atoms with Crippen LogP contribution in [-0.4, -0.2) is 47.8 Å². The summed E-state index contributed by atoms with van der Waals surface area (Å²) < 4.78 is 0. The molecule has 0 aromatic heterocycles. The molecule has 2 amide bonds. The minimum Gasteiger partial charge on any atom is -0.339 e. The van der Waals surface area contributed by atoms with Crippen LogP contribution in [0.3, 0.4) is 0 Å². The van der Waals surface area contributed by atoms with E-state index >= 15 is 0 Å². The molecule has 0 aromatic carbocycles. The normalized spacial score (nSPS) is 17.6. The third-order valence-corrected chi connectivity index (χ3v) is 7.66. The van der Waals surface area contributed by atoms with Crippen molar-refractivity contribution >= 4 is 11.8 Å². The Bertz CT molecular complexity index is 558. The van der Waals surface area contributed by atoms with Crippen molar-refractivity contribution in [3.63, 3.8) is 0 Å². The first-order valence-electron chi connectivity index (χ1n) is 15.4. The fourth-order valence-electron chi connectivity index (χ4n) is 4.77. The van der Waals surface area contributed by atoms with E-state index in [4.69, 9.17) is 0 Å². The molecule has 2 saturated heterocycles. The second-order valence-corrected chi connectivity index (χ2v) is 11.2. The Morgan fingerprint density at radius 1 is 0.583 bits per heavy atom. The zero-order valence-corrected chi connectivity index (χ0v) is 24.3. The Labute approximate surface area is 224 Å². The molecule has 0 bridgehead atoms. The number of carbonyl (C=O) groups excluding carboxylic acids is 2. The van der Waals surface area contributed by atoms with Gasteiger partial charge in [-0.3, -0.25) is 9.59 Å². The Hall–Kier alpha value is -1.58. The van der Waals surface area contributed by atoms with Gasteiger partial charge in [-0.15, -0.1) is 0 Å². The first-order valence-corrected chi connectivity index (χ1v) is 15.4. The molecular weight excluding hydrogens is 444 g/mol. The van der Waals surface area contributed by atoms with E-state index in [0.717, 1.165) is 76.5 Å². The summed E-state index contributed by atoms with van der Waals surface area (Å²) in [5.74, 6) is 2.01. The fourth-order valence-corrected chi connectivity index (χ4v) is 4.77. The summed E-state index contributed by atoms with van der Waals surface area (Å²) in [5.41, 5.74) is 0. The molecule has 0 aliphatic carbocycles. The molecule has 2 heterocycles. The average Bonchev–Trinajstić information content (AvgIpc) is 2.88. The number of hydrogen-bond donors (Lipinski definition) is 0. The minimum atomic E-state index is 0.218. The van der Waals surface area contributed by atoms with E-state index in [-0.39, 0.29) is 11.8 Å². The summed E-state index contributed by atoms with van der Waals surface area (Å²) in [4.78, 5) is 27.7. The Balaban J connectivity index is 0.000000360. The second kappa shape index (κ2) is 21.5. The monoisotopic (exact) mass is 502 g/mol. The van der Waals surface area contributed by atoms with Crippen LogP contribution in [0.25, 0.3) is 0 Å². The van der Waals surface area contributed by atoms with E-state index in [1.807, 2.05) is 9.80 Å². The van der Waals surface area contributed by atoms with Crippen LogP contribution in [-0.2, 0) is 9.59 Å². The van der Waals surface area contributed by atoms with Gasteiger partial charge in [0.25, 0.3) is 0 Å². The van der Waals surface area contributed by atoms with E-state index in [2.05, 4.69) is 39.8 Å². The lowest BCUT2D eigenvalue weighted by Crippen LogP contribution is -2.36. The van der Waals surface area contributed by atoms with Gasteiger partial charge < -0.3 is 9.80 Å². The highest BCUT2D eigenvalue weighted by Gasteiger charge is 2.19. The standard InChI is InChI=1S/2C16H29NO/c2*1-3-4-5-6-7-8-9-10-16(18)17-13-11-15(2)12-14-17/h2*9-10,15H,3-8,11-14H2,1-2H3/b2*10-9+. The Kier molecular flexibility index (Phi) is 19.4. The number of likely N-dealkylation sites (tertiary alicyclic amines) is 2. The van der Waals surface area contributed by atoms with Gasteiger partial charge in [-0.25, -0.2) is 0 Å². The van der Waals surface area contributed by atoms with Crippen molar-refractivity contribution in [3.8, 4) is 0 Å². The van der Waals surface area contributed by atoms with E-state index < -0.39 is 0 Å². The molecule has 208 valence electrons. The fraction of sp³-hybridized carbons (Fsp3) is 0.812. The van der Waals surface area contributed by atoms with E-state index in [1.54, 1.807) is 12.2 Å². The van der Waals surface area contributed by atoms with Crippen LogP contribution in [0.2, 0.25) is 0 Å². The van der Waals surface area contributed by atoms with Crippen molar-refractivity contribution in [2.24, 2.45) is 11.8 Å². The third-order valence-electron chi connectivity index (χ3n) is 7.66. The van der Waals surface area contributed by atoms with E-state index in [9.17, 15) is 9.59 Å². The lowest BCUT2D eigenvalue weighted by atomic mass is 9.99. The molecule has 0 N–H and O–H groups in total. The predicted octanol–water partition coefficient (Wildman–Crippen LogP) is 8.32. The van der Waals surface area contributed by atoms with Crippen molar-refractivity contribution < 1.29 is 9.59 Å². The number of carbonyl (C=O) groups is 2. The van der Waals surface area contributed by atoms with Crippen molar-refractivity contribution in [2.45, 2.75) is 130 Å². The molecule has 2 rings (SSSR count). The highest BCUT2D eigenvalue weighted by Crippen LogP contribution is 2.17. The topological polar surface area (TPSA) is 40.6 Å². The molecule has 0 atom stereocenters. The van der Waals surface area contributed by atoms with Crippen molar-refractivity contribution in [1.82, 2.24) is 9.80 Å². The zero-order chi connectivity index (χ0) is 26.4. The lowest BCUT2D eigenvalue weighted by Gasteiger charge is -2.29. The van der Waals surface area contributed by atoms with Crippen LogP contribution in [0.1, 0.15) is 130 Å². The molecule has 2 fully saturated rings. The SMILES string of the molecule is CCCCCCC/C=C/C(=O)N1CCC(C)CC1.CCCCCCC/C=C/C(=O)N1CCC(C)CC1. The lowest BCUT2D eigenvalue weighted by molar-refractivity contribution is -0.128. The molecule has 4 nitrogen and oxygen atoms in total. The second-order valence-electron chi connectivity index (χ2n) is 11.2. The Morgan fingerprint density at radius 3 is 1.25 bits per heavy atom. The van der Waals surface area contributed by atoms with Crippen molar-refractivity contribution in [1.29, 1.82) is 0 Å². The first-order chi connectivity index (χ1) is 17.5. The van der Waals surface area contributed by atoms with Gasteiger partial charge in [0, 0.05) is 26.2 Å². The summed E-state index contributed by atoms with van der Waals surface area (Å²) in [6.45, 7) is 12.8. The summed E-state index contributed by atoms with van der Waals surface area (Å²) >= 11 is 0. The summed E-state index contributed by atoms with van der Waals surface area (Å²) in [6, 6.07) is 0. The van der Waals surface area contributed by atoms with Crippen LogP contribution in [0, 0.1) is 11.8 Å². The van der Waals surface area contributed by atoms with Crippen molar-refractivity contribution in [3.05, 3.63) is 24.3 Å². The quantitative estimate of drug-likeness (QED) is 0.177. The number of unbranched alkanes of at least 4 members (excludes halogenated alkanes) is 10. The maximum absolute atomic E-state index is 11.9. The maximum atomic E-state index is 11.9. The first kappa shape index (κ1) is 32.4. The highest BCUT2D eigenvalue weighted by molar-refractivity contribution is 5.88. The summed E-state index contributed by atoms with van der Waals surface area (Å²) in [6.07, 6.45) is 27.4. The Morgan fingerprint density at radius 2 is 0.917 bits per heavy atom. The molecule has 2 aliphatic rings. The molecule has 4 heteroatoms.